The number of ether oxygens (including phenoxy) is 2. The smallest absolute Gasteiger partial charge is 0.255 e. The molecule has 1 heterocycles. The van der Waals surface area contributed by atoms with Gasteiger partial charge in [0.1, 0.15) is 6.10 Å². The lowest BCUT2D eigenvalue weighted by Gasteiger charge is -2.12. The Balaban J connectivity index is 1.34. The molecule has 4 rings (SSSR count). The standard InChI is InChI=1S/C23H26N2O4/c26-22(24-19-6-1-4-17(12-19)15-28-14-16-9-10-16)18-5-2-7-20(13-18)25-23(27)21-8-3-11-29-21/h1-2,4-7,12-13,16,21H,3,8-11,14-15H2,(H,24,26)(H,25,27). The van der Waals surface area contributed by atoms with E-state index in [0.717, 1.165) is 36.6 Å². The van der Waals surface area contributed by atoms with E-state index in [1.165, 1.54) is 12.8 Å². The Hall–Kier alpha value is -2.70. The van der Waals surface area contributed by atoms with Crippen LogP contribution >= 0.6 is 0 Å². The molecule has 1 saturated heterocycles. The van der Waals surface area contributed by atoms with Crippen LogP contribution in [0.15, 0.2) is 48.5 Å². The van der Waals surface area contributed by atoms with E-state index >= 15 is 0 Å². The number of hydrogen-bond acceptors (Lipinski definition) is 4. The van der Waals surface area contributed by atoms with Gasteiger partial charge in [0, 0.05) is 30.2 Å². The quantitative estimate of drug-likeness (QED) is 0.710. The largest absolute Gasteiger partial charge is 0.376 e. The highest BCUT2D eigenvalue weighted by molar-refractivity contribution is 6.05. The van der Waals surface area contributed by atoms with E-state index in [-0.39, 0.29) is 11.8 Å². The van der Waals surface area contributed by atoms with Crippen LogP contribution in [0.4, 0.5) is 11.4 Å². The number of amides is 2. The van der Waals surface area contributed by atoms with Gasteiger partial charge in [0.25, 0.3) is 11.8 Å². The van der Waals surface area contributed by atoms with Gasteiger partial charge < -0.3 is 20.1 Å². The Morgan fingerprint density at radius 1 is 1.00 bits per heavy atom. The summed E-state index contributed by atoms with van der Waals surface area (Å²) in [5, 5.41) is 5.74. The van der Waals surface area contributed by atoms with Crippen molar-refractivity contribution in [3.8, 4) is 0 Å². The fraction of sp³-hybridized carbons (Fsp3) is 0.391. The molecule has 2 amide bonds. The monoisotopic (exact) mass is 394 g/mol. The summed E-state index contributed by atoms with van der Waals surface area (Å²) in [4.78, 5) is 24.9. The Labute approximate surface area is 170 Å². The molecule has 6 heteroatoms. The zero-order valence-corrected chi connectivity index (χ0v) is 16.4. The molecule has 1 saturated carbocycles. The minimum Gasteiger partial charge on any atom is -0.376 e. The lowest BCUT2D eigenvalue weighted by atomic mass is 10.1. The van der Waals surface area contributed by atoms with E-state index in [2.05, 4.69) is 10.6 Å². The van der Waals surface area contributed by atoms with Gasteiger partial charge in [-0.05, 0) is 67.5 Å². The molecule has 2 aromatic carbocycles. The topological polar surface area (TPSA) is 76.7 Å². The summed E-state index contributed by atoms with van der Waals surface area (Å²) in [7, 11) is 0. The molecule has 29 heavy (non-hydrogen) atoms. The Bertz CT molecular complexity index is 873. The second-order valence-corrected chi connectivity index (χ2v) is 7.68. The molecule has 1 atom stereocenters. The molecule has 0 radical (unpaired) electrons. The van der Waals surface area contributed by atoms with Gasteiger partial charge >= 0.3 is 0 Å². The number of hydrogen-bond donors (Lipinski definition) is 2. The van der Waals surface area contributed by atoms with Crippen molar-refractivity contribution < 1.29 is 19.1 Å². The zero-order chi connectivity index (χ0) is 20.1. The third kappa shape index (κ3) is 5.65. The number of nitrogens with one attached hydrogen (secondary N) is 2. The molecular weight excluding hydrogens is 368 g/mol. The Morgan fingerprint density at radius 3 is 2.55 bits per heavy atom. The van der Waals surface area contributed by atoms with Crippen LogP contribution in [-0.4, -0.2) is 31.1 Å². The summed E-state index contributed by atoms with van der Waals surface area (Å²) in [5.41, 5.74) is 2.81. The van der Waals surface area contributed by atoms with Crippen molar-refractivity contribution in [2.24, 2.45) is 5.92 Å². The molecule has 1 aliphatic heterocycles. The van der Waals surface area contributed by atoms with Crippen molar-refractivity contribution >= 4 is 23.2 Å². The number of anilines is 2. The van der Waals surface area contributed by atoms with Crippen molar-refractivity contribution in [2.75, 3.05) is 23.8 Å². The van der Waals surface area contributed by atoms with Crippen molar-refractivity contribution in [2.45, 2.75) is 38.4 Å². The molecule has 2 fully saturated rings. The molecular formula is C23H26N2O4. The normalized spacial score (nSPS) is 18.4. The predicted molar refractivity (Wildman–Crippen MR) is 111 cm³/mol. The predicted octanol–water partition coefficient (Wildman–Crippen LogP) is 3.98. The van der Waals surface area contributed by atoms with Gasteiger partial charge in [0.2, 0.25) is 0 Å². The molecule has 152 valence electrons. The molecule has 2 aromatic rings. The molecule has 0 spiro atoms. The van der Waals surface area contributed by atoms with E-state index in [4.69, 9.17) is 9.47 Å². The van der Waals surface area contributed by atoms with Crippen LogP contribution < -0.4 is 10.6 Å². The molecule has 1 unspecified atom stereocenters. The van der Waals surface area contributed by atoms with Crippen LogP contribution in [-0.2, 0) is 20.9 Å². The number of rotatable bonds is 8. The van der Waals surface area contributed by atoms with E-state index < -0.39 is 6.10 Å². The highest BCUT2D eigenvalue weighted by Gasteiger charge is 2.23. The first-order valence-corrected chi connectivity index (χ1v) is 10.2. The third-order valence-electron chi connectivity index (χ3n) is 5.12. The SMILES string of the molecule is O=C(Nc1cccc(COCC2CC2)c1)c1cccc(NC(=O)C2CCCO2)c1. The van der Waals surface area contributed by atoms with Crippen molar-refractivity contribution in [3.05, 3.63) is 59.7 Å². The van der Waals surface area contributed by atoms with Crippen LogP contribution in [0.2, 0.25) is 0 Å². The summed E-state index contributed by atoms with van der Waals surface area (Å²) >= 11 is 0. The second kappa shape index (κ2) is 9.20. The van der Waals surface area contributed by atoms with Gasteiger partial charge in [-0.3, -0.25) is 9.59 Å². The lowest BCUT2D eigenvalue weighted by Crippen LogP contribution is -2.27. The Kier molecular flexibility index (Phi) is 6.22. The molecule has 6 nitrogen and oxygen atoms in total. The Morgan fingerprint density at radius 2 is 1.79 bits per heavy atom. The van der Waals surface area contributed by atoms with Gasteiger partial charge in [0.15, 0.2) is 0 Å². The average Bonchev–Trinajstić information content (AvgIpc) is 3.38. The number of carbonyl (C=O) groups is 2. The summed E-state index contributed by atoms with van der Waals surface area (Å²) in [6, 6.07) is 14.6. The summed E-state index contributed by atoms with van der Waals surface area (Å²) in [5.74, 6) is 0.333. The molecule has 2 aliphatic rings. The second-order valence-electron chi connectivity index (χ2n) is 7.68. The first kappa shape index (κ1) is 19.6. The van der Waals surface area contributed by atoms with Gasteiger partial charge in [-0.15, -0.1) is 0 Å². The van der Waals surface area contributed by atoms with E-state index in [0.29, 0.717) is 24.5 Å². The zero-order valence-electron chi connectivity index (χ0n) is 16.4. The first-order chi connectivity index (χ1) is 14.2. The maximum atomic E-state index is 12.7. The van der Waals surface area contributed by atoms with Crippen LogP contribution in [0.1, 0.15) is 41.6 Å². The minimum atomic E-state index is -0.405. The number of benzene rings is 2. The maximum Gasteiger partial charge on any atom is 0.255 e. The highest BCUT2D eigenvalue weighted by atomic mass is 16.5. The fourth-order valence-corrected chi connectivity index (χ4v) is 3.32. The summed E-state index contributed by atoms with van der Waals surface area (Å²) < 4.78 is 11.1. The van der Waals surface area contributed by atoms with E-state index in [1.807, 2.05) is 24.3 Å². The summed E-state index contributed by atoms with van der Waals surface area (Å²) in [6.07, 6.45) is 3.75. The highest BCUT2D eigenvalue weighted by Crippen LogP contribution is 2.29. The minimum absolute atomic E-state index is 0.168. The van der Waals surface area contributed by atoms with Gasteiger partial charge in [-0.2, -0.15) is 0 Å². The molecule has 0 bridgehead atoms. The van der Waals surface area contributed by atoms with Crippen LogP contribution in [0.3, 0.4) is 0 Å². The maximum absolute atomic E-state index is 12.7. The van der Waals surface area contributed by atoms with Crippen molar-refractivity contribution in [1.29, 1.82) is 0 Å². The van der Waals surface area contributed by atoms with Crippen molar-refractivity contribution in [1.82, 2.24) is 0 Å². The molecule has 2 N–H and O–H groups in total. The van der Waals surface area contributed by atoms with Crippen LogP contribution in [0, 0.1) is 5.92 Å². The summed E-state index contributed by atoms with van der Waals surface area (Å²) in [6.45, 7) is 1.97. The van der Waals surface area contributed by atoms with Gasteiger partial charge in [0.05, 0.1) is 6.61 Å². The van der Waals surface area contributed by atoms with E-state index in [1.54, 1.807) is 24.3 Å². The van der Waals surface area contributed by atoms with Crippen LogP contribution in [0.5, 0.6) is 0 Å². The average molecular weight is 394 g/mol. The van der Waals surface area contributed by atoms with Gasteiger partial charge in [-0.25, -0.2) is 0 Å². The fourth-order valence-electron chi connectivity index (χ4n) is 3.32. The first-order valence-electron chi connectivity index (χ1n) is 10.2. The van der Waals surface area contributed by atoms with Gasteiger partial charge in [-0.1, -0.05) is 18.2 Å². The lowest BCUT2D eigenvalue weighted by molar-refractivity contribution is -0.124. The van der Waals surface area contributed by atoms with Crippen molar-refractivity contribution in [3.63, 3.8) is 0 Å². The van der Waals surface area contributed by atoms with E-state index in [9.17, 15) is 9.59 Å². The molecule has 1 aliphatic carbocycles. The molecule has 0 aromatic heterocycles. The number of carbonyl (C=O) groups excluding carboxylic acids is 2. The van der Waals surface area contributed by atoms with Crippen LogP contribution in [0.25, 0.3) is 0 Å². The third-order valence-corrected chi connectivity index (χ3v) is 5.12.